The predicted octanol–water partition coefficient (Wildman–Crippen LogP) is 4.47. The number of thiazole rings is 1. The molecule has 2 N–H and O–H groups in total. The van der Waals surface area contributed by atoms with Crippen molar-refractivity contribution >= 4 is 61.3 Å². The predicted molar refractivity (Wildman–Crippen MR) is 147 cm³/mol. The number of aliphatic hydroxyl groups is 1. The summed E-state index contributed by atoms with van der Waals surface area (Å²) < 4.78 is 33.4. The lowest BCUT2D eigenvalue weighted by Crippen LogP contribution is -2.59. The molecular formula is C23H30Cl2N4O5S2. The van der Waals surface area contributed by atoms with Crippen molar-refractivity contribution in [1.29, 1.82) is 0 Å². The Morgan fingerprint density at radius 2 is 2.03 bits per heavy atom. The summed E-state index contributed by atoms with van der Waals surface area (Å²) in [4.78, 5) is 20.8. The lowest BCUT2D eigenvalue weighted by Gasteiger charge is -2.42. The third-order valence-corrected chi connectivity index (χ3v) is 8.68. The first-order chi connectivity index (χ1) is 17.2. The Balaban J connectivity index is 0.00000253. The third-order valence-electron chi connectivity index (χ3n) is 5.71. The average Bonchev–Trinajstić information content (AvgIpc) is 3.38. The number of nitrogens with one attached hydrogen (secondary N) is 1. The maximum Gasteiger partial charge on any atom is 0.263 e. The van der Waals surface area contributed by atoms with Crippen LogP contribution in [0.25, 0.3) is 0 Å². The minimum absolute atomic E-state index is 0. The standard InChI is InChI=1S/C23H24Cl2N4O5S2.3H2/c1-15(34-20-4-2-3-19(24)21(20)25)22(31)29-11-10-28(13-17(29)14-30)16-5-7-18(8-6-16)36(32,33)27-23-26-9-12-35-23;;;/h2-9,12,15,17,30H,10-11,13-14H2,1H3,(H,26,27);3*1H/t15-,17+;;;/m0.../s1. The van der Waals surface area contributed by atoms with Crippen molar-refractivity contribution in [3.63, 3.8) is 0 Å². The molecule has 0 bridgehead atoms. The number of amides is 1. The van der Waals surface area contributed by atoms with Crippen LogP contribution in [0.1, 0.15) is 11.2 Å². The van der Waals surface area contributed by atoms with Crippen LogP contribution in [0.2, 0.25) is 10.0 Å². The summed E-state index contributed by atoms with van der Waals surface area (Å²) in [6.45, 7) is 2.61. The number of aromatic nitrogens is 1. The van der Waals surface area contributed by atoms with E-state index in [2.05, 4.69) is 9.71 Å². The van der Waals surface area contributed by atoms with Gasteiger partial charge in [0.2, 0.25) is 0 Å². The minimum Gasteiger partial charge on any atom is -0.479 e. The first-order valence-corrected chi connectivity index (χ1v) is 14.1. The van der Waals surface area contributed by atoms with E-state index >= 15 is 0 Å². The molecule has 9 nitrogen and oxygen atoms in total. The monoisotopic (exact) mass is 576 g/mol. The fourth-order valence-electron chi connectivity index (χ4n) is 3.87. The van der Waals surface area contributed by atoms with Gasteiger partial charge in [-0.2, -0.15) is 0 Å². The molecule has 1 amide bonds. The number of carbonyl (C=O) groups excluding carboxylic acids is 1. The van der Waals surface area contributed by atoms with Gasteiger partial charge in [0, 0.05) is 41.2 Å². The summed E-state index contributed by atoms with van der Waals surface area (Å²) in [5, 5.41) is 12.5. The first-order valence-electron chi connectivity index (χ1n) is 11.0. The van der Waals surface area contributed by atoms with Crippen molar-refractivity contribution in [3.8, 4) is 5.75 Å². The van der Waals surface area contributed by atoms with Gasteiger partial charge in [0.25, 0.3) is 15.9 Å². The molecule has 0 unspecified atom stereocenters. The summed E-state index contributed by atoms with van der Waals surface area (Å²) in [5.74, 6) is 0.0306. The van der Waals surface area contributed by atoms with Gasteiger partial charge in [0.05, 0.1) is 22.6 Å². The lowest BCUT2D eigenvalue weighted by atomic mass is 10.1. The number of hydrogen-bond acceptors (Lipinski definition) is 8. The molecule has 1 aromatic heterocycles. The summed E-state index contributed by atoms with van der Waals surface area (Å²) in [6.07, 6.45) is 0.684. The van der Waals surface area contributed by atoms with E-state index in [4.69, 9.17) is 27.9 Å². The molecule has 4 rings (SSSR count). The second-order valence-corrected chi connectivity index (χ2v) is 11.4. The van der Waals surface area contributed by atoms with Crippen LogP contribution in [0.4, 0.5) is 10.8 Å². The van der Waals surface area contributed by atoms with E-state index in [0.717, 1.165) is 5.69 Å². The largest absolute Gasteiger partial charge is 0.479 e. The lowest BCUT2D eigenvalue weighted by molar-refractivity contribution is -0.141. The molecule has 0 aliphatic carbocycles. The Bertz CT molecular complexity index is 1320. The van der Waals surface area contributed by atoms with E-state index in [1.165, 1.54) is 29.7 Å². The van der Waals surface area contributed by atoms with Crippen LogP contribution in [0.15, 0.2) is 58.9 Å². The van der Waals surface area contributed by atoms with Crippen LogP contribution >= 0.6 is 34.5 Å². The van der Waals surface area contributed by atoms with Crippen molar-refractivity contribution in [2.24, 2.45) is 0 Å². The quantitative estimate of drug-likeness (QED) is 0.407. The number of carbonyl (C=O) groups is 1. The molecule has 2 heterocycles. The third kappa shape index (κ3) is 5.87. The second-order valence-electron chi connectivity index (χ2n) is 8.06. The fraction of sp³-hybridized carbons (Fsp3) is 0.304. The van der Waals surface area contributed by atoms with Gasteiger partial charge in [-0.3, -0.25) is 9.52 Å². The van der Waals surface area contributed by atoms with Crippen molar-refractivity contribution in [3.05, 3.63) is 64.1 Å². The number of halogens is 2. The van der Waals surface area contributed by atoms with E-state index in [-0.39, 0.29) is 26.7 Å². The van der Waals surface area contributed by atoms with Gasteiger partial charge < -0.3 is 19.6 Å². The summed E-state index contributed by atoms with van der Waals surface area (Å²) >= 11 is 13.4. The molecule has 1 aliphatic heterocycles. The van der Waals surface area contributed by atoms with E-state index in [0.29, 0.717) is 35.5 Å². The molecule has 0 spiro atoms. The number of aliphatic hydroxyl groups excluding tert-OH is 1. The molecule has 198 valence electrons. The zero-order valence-corrected chi connectivity index (χ0v) is 22.3. The number of ether oxygens (including phenoxy) is 1. The molecule has 1 saturated heterocycles. The Kier molecular flexibility index (Phi) is 8.26. The minimum atomic E-state index is -3.75. The Labute approximate surface area is 227 Å². The van der Waals surface area contributed by atoms with Crippen LogP contribution in [-0.4, -0.2) is 67.7 Å². The molecule has 2 aromatic carbocycles. The zero-order valence-electron chi connectivity index (χ0n) is 19.2. The van der Waals surface area contributed by atoms with E-state index in [1.807, 2.05) is 4.90 Å². The van der Waals surface area contributed by atoms with E-state index in [1.54, 1.807) is 47.5 Å². The summed E-state index contributed by atoms with van der Waals surface area (Å²) in [6, 6.07) is 10.9. The van der Waals surface area contributed by atoms with E-state index in [9.17, 15) is 18.3 Å². The fourth-order valence-corrected chi connectivity index (χ4v) is 5.99. The number of sulfonamides is 1. The smallest absolute Gasteiger partial charge is 0.263 e. The highest BCUT2D eigenvalue weighted by atomic mass is 35.5. The number of hydrogen-bond donors (Lipinski definition) is 2. The van der Waals surface area contributed by atoms with Crippen LogP contribution < -0.4 is 14.4 Å². The molecule has 0 radical (unpaired) electrons. The van der Waals surface area contributed by atoms with Gasteiger partial charge in [-0.1, -0.05) is 29.3 Å². The number of nitrogens with zero attached hydrogens (tertiary/aromatic N) is 3. The zero-order chi connectivity index (χ0) is 25.9. The van der Waals surface area contributed by atoms with Crippen LogP contribution in [0, 0.1) is 0 Å². The van der Waals surface area contributed by atoms with Gasteiger partial charge in [-0.15, -0.1) is 11.3 Å². The highest BCUT2D eigenvalue weighted by Gasteiger charge is 2.33. The van der Waals surface area contributed by atoms with Crippen molar-refractivity contribution in [2.75, 3.05) is 35.9 Å². The van der Waals surface area contributed by atoms with Crippen LogP contribution in [0.5, 0.6) is 5.75 Å². The van der Waals surface area contributed by atoms with E-state index < -0.39 is 22.2 Å². The number of piperazine rings is 1. The van der Waals surface area contributed by atoms with Gasteiger partial charge in [-0.25, -0.2) is 13.4 Å². The molecule has 1 aliphatic rings. The number of benzene rings is 2. The Hall–Kier alpha value is -2.57. The highest BCUT2D eigenvalue weighted by molar-refractivity contribution is 7.93. The summed E-state index contributed by atoms with van der Waals surface area (Å²) in [7, 11) is -3.75. The number of rotatable bonds is 8. The Morgan fingerprint density at radius 3 is 2.69 bits per heavy atom. The SMILES string of the molecule is C[C@H](Oc1cccc(Cl)c1Cl)C(=O)N1CCN(c2ccc(S(=O)(=O)Nc3nccs3)cc2)C[C@@H]1CO.[HH].[HH].[HH]. The van der Waals surface area contributed by atoms with Gasteiger partial charge in [0.1, 0.15) is 10.8 Å². The van der Waals surface area contributed by atoms with Crippen molar-refractivity contribution in [2.45, 2.75) is 24.0 Å². The molecule has 3 aromatic rings. The Morgan fingerprint density at radius 1 is 1.28 bits per heavy atom. The van der Waals surface area contributed by atoms with Gasteiger partial charge >= 0.3 is 0 Å². The van der Waals surface area contributed by atoms with Gasteiger partial charge in [-0.05, 0) is 43.3 Å². The van der Waals surface area contributed by atoms with Gasteiger partial charge in [0.15, 0.2) is 11.2 Å². The topological polar surface area (TPSA) is 112 Å². The molecule has 0 saturated carbocycles. The molecule has 1 fully saturated rings. The van der Waals surface area contributed by atoms with Crippen LogP contribution in [0.3, 0.4) is 0 Å². The molecule has 2 atom stereocenters. The first kappa shape index (κ1) is 26.5. The number of anilines is 2. The highest BCUT2D eigenvalue weighted by Crippen LogP contribution is 2.32. The molecule has 13 heteroatoms. The maximum atomic E-state index is 13.1. The normalized spacial score (nSPS) is 17.1. The molecule has 36 heavy (non-hydrogen) atoms. The average molecular weight is 578 g/mol. The molecular weight excluding hydrogens is 547 g/mol. The van der Waals surface area contributed by atoms with Crippen LogP contribution in [-0.2, 0) is 14.8 Å². The second kappa shape index (κ2) is 11.2. The summed E-state index contributed by atoms with van der Waals surface area (Å²) in [5.41, 5.74) is 0.781. The maximum absolute atomic E-state index is 13.1. The van der Waals surface area contributed by atoms with Crippen molar-refractivity contribution in [1.82, 2.24) is 9.88 Å². The van der Waals surface area contributed by atoms with Crippen molar-refractivity contribution < 1.29 is 27.3 Å².